The van der Waals surface area contributed by atoms with Crippen LogP contribution in [0.5, 0.6) is 0 Å². The van der Waals surface area contributed by atoms with E-state index in [1.165, 1.54) is 0 Å². The lowest BCUT2D eigenvalue weighted by atomic mass is 10.1. The summed E-state index contributed by atoms with van der Waals surface area (Å²) in [6.45, 7) is 0.686. The lowest BCUT2D eigenvalue weighted by molar-refractivity contribution is -0.109. The largest absolute Gasteiger partial charge is 0.330 e. The lowest BCUT2D eigenvalue weighted by Gasteiger charge is -2.00. The minimum absolute atomic E-state index is 0.281. The summed E-state index contributed by atoms with van der Waals surface area (Å²) in [5, 5.41) is 0. The fraction of sp³-hybridized carbons (Fsp3) is 0.833. The van der Waals surface area contributed by atoms with Crippen LogP contribution in [-0.2, 0) is 4.79 Å². The van der Waals surface area contributed by atoms with Crippen LogP contribution in [0.15, 0.2) is 0 Å². The van der Waals surface area contributed by atoms with Crippen molar-refractivity contribution < 1.29 is 4.79 Å². The van der Waals surface area contributed by atoms with Crippen LogP contribution in [0, 0.1) is 0 Å². The van der Waals surface area contributed by atoms with Gasteiger partial charge in [0, 0.05) is 0 Å². The van der Waals surface area contributed by atoms with E-state index < -0.39 is 0 Å². The summed E-state index contributed by atoms with van der Waals surface area (Å²) < 4.78 is 0. The third-order valence-electron chi connectivity index (χ3n) is 1.17. The van der Waals surface area contributed by atoms with Gasteiger partial charge in [-0.15, -0.1) is 0 Å². The number of nitrogens with two attached hydrogens (primary N) is 2. The Kier molecular flexibility index (Phi) is 5.46. The molecule has 9 heavy (non-hydrogen) atoms. The molecule has 0 heterocycles. The molecule has 0 radical (unpaired) electrons. The van der Waals surface area contributed by atoms with E-state index in [-0.39, 0.29) is 6.04 Å². The Morgan fingerprint density at radius 2 is 2.11 bits per heavy atom. The topological polar surface area (TPSA) is 69.1 Å². The van der Waals surface area contributed by atoms with E-state index in [0.29, 0.717) is 6.54 Å². The van der Waals surface area contributed by atoms with Crippen LogP contribution >= 0.6 is 0 Å². The molecule has 0 aromatic carbocycles. The predicted molar refractivity (Wildman–Crippen MR) is 36.9 cm³/mol. The van der Waals surface area contributed by atoms with Gasteiger partial charge in [0.1, 0.15) is 6.29 Å². The minimum atomic E-state index is -0.281. The van der Waals surface area contributed by atoms with Crippen molar-refractivity contribution in [2.24, 2.45) is 11.5 Å². The molecular formula is C6H14N2O. The molecule has 0 spiro atoms. The molecule has 3 nitrogen and oxygen atoms in total. The van der Waals surface area contributed by atoms with E-state index >= 15 is 0 Å². The average Bonchev–Trinajstić information content (AvgIpc) is 1.89. The van der Waals surface area contributed by atoms with E-state index in [4.69, 9.17) is 11.5 Å². The maximum atomic E-state index is 9.94. The van der Waals surface area contributed by atoms with Gasteiger partial charge in [-0.05, 0) is 19.4 Å². The normalized spacial score (nSPS) is 13.1. The average molecular weight is 130 g/mol. The third kappa shape index (κ3) is 5.46. The van der Waals surface area contributed by atoms with E-state index in [1.807, 2.05) is 0 Å². The number of hydrogen-bond donors (Lipinski definition) is 2. The molecule has 4 N–H and O–H groups in total. The van der Waals surface area contributed by atoms with Gasteiger partial charge in [0.25, 0.3) is 0 Å². The summed E-state index contributed by atoms with van der Waals surface area (Å²) in [6, 6.07) is -0.281. The van der Waals surface area contributed by atoms with Gasteiger partial charge in [0.2, 0.25) is 0 Å². The molecule has 0 saturated heterocycles. The van der Waals surface area contributed by atoms with Crippen molar-refractivity contribution >= 4 is 6.29 Å². The van der Waals surface area contributed by atoms with Gasteiger partial charge in [-0.25, -0.2) is 0 Å². The van der Waals surface area contributed by atoms with Crippen molar-refractivity contribution in [2.45, 2.75) is 25.3 Å². The summed E-state index contributed by atoms with van der Waals surface area (Å²) in [5.41, 5.74) is 10.5. The van der Waals surface area contributed by atoms with Gasteiger partial charge >= 0.3 is 0 Å². The molecule has 0 aromatic rings. The van der Waals surface area contributed by atoms with Crippen LogP contribution < -0.4 is 11.5 Å². The summed E-state index contributed by atoms with van der Waals surface area (Å²) in [7, 11) is 0. The highest BCUT2D eigenvalue weighted by Gasteiger charge is 1.96. The smallest absolute Gasteiger partial charge is 0.136 e. The SMILES string of the molecule is NCCCC[C@@H](N)C=O. The van der Waals surface area contributed by atoms with Gasteiger partial charge in [-0.3, -0.25) is 0 Å². The molecule has 1 atom stereocenters. The molecule has 0 saturated carbocycles. The molecule has 0 amide bonds. The quantitative estimate of drug-likeness (QED) is 0.394. The van der Waals surface area contributed by atoms with Gasteiger partial charge in [-0.2, -0.15) is 0 Å². The first-order valence-corrected chi connectivity index (χ1v) is 3.22. The van der Waals surface area contributed by atoms with Crippen molar-refractivity contribution in [3.8, 4) is 0 Å². The molecule has 0 unspecified atom stereocenters. The Hall–Kier alpha value is -0.410. The maximum Gasteiger partial charge on any atom is 0.136 e. The number of unbranched alkanes of at least 4 members (excludes halogenated alkanes) is 1. The molecule has 0 aliphatic heterocycles. The number of rotatable bonds is 5. The Bertz CT molecular complexity index is 75.5. The highest BCUT2D eigenvalue weighted by molar-refractivity contribution is 5.56. The number of carbonyl (C=O) groups excluding carboxylic acids is 1. The standard InChI is InChI=1S/C6H14N2O/c7-4-2-1-3-6(8)5-9/h5-6H,1-4,7-8H2/t6-/m1/s1. The highest BCUT2D eigenvalue weighted by atomic mass is 16.1. The zero-order chi connectivity index (χ0) is 7.11. The number of hydrogen-bond acceptors (Lipinski definition) is 3. The Balaban J connectivity index is 2.96. The first kappa shape index (κ1) is 8.59. The van der Waals surface area contributed by atoms with Gasteiger partial charge in [0.05, 0.1) is 6.04 Å². The fourth-order valence-corrected chi connectivity index (χ4v) is 0.592. The van der Waals surface area contributed by atoms with Crippen LogP contribution in [0.1, 0.15) is 19.3 Å². The molecule has 0 rings (SSSR count). The highest BCUT2D eigenvalue weighted by Crippen LogP contribution is 1.94. The summed E-state index contributed by atoms with van der Waals surface area (Å²) in [5.74, 6) is 0. The second-order valence-corrected chi connectivity index (χ2v) is 2.08. The molecule has 54 valence electrons. The zero-order valence-electron chi connectivity index (χ0n) is 5.55. The molecule has 3 heteroatoms. The van der Waals surface area contributed by atoms with Crippen molar-refractivity contribution in [1.29, 1.82) is 0 Å². The molecule has 0 aromatic heterocycles. The van der Waals surface area contributed by atoms with E-state index in [0.717, 1.165) is 25.5 Å². The van der Waals surface area contributed by atoms with E-state index in [2.05, 4.69) is 0 Å². The minimum Gasteiger partial charge on any atom is -0.330 e. The number of carbonyl (C=O) groups is 1. The second-order valence-electron chi connectivity index (χ2n) is 2.08. The van der Waals surface area contributed by atoms with Gasteiger partial charge in [-0.1, -0.05) is 6.42 Å². The fourth-order valence-electron chi connectivity index (χ4n) is 0.592. The first-order chi connectivity index (χ1) is 4.31. The molecule has 0 aliphatic rings. The van der Waals surface area contributed by atoms with Crippen molar-refractivity contribution in [3.63, 3.8) is 0 Å². The van der Waals surface area contributed by atoms with Crippen molar-refractivity contribution in [2.75, 3.05) is 6.54 Å². The summed E-state index contributed by atoms with van der Waals surface area (Å²) >= 11 is 0. The molecule has 0 fully saturated rings. The predicted octanol–water partition coefficient (Wildman–Crippen LogP) is -0.358. The van der Waals surface area contributed by atoms with Crippen LogP contribution in [0.3, 0.4) is 0 Å². The third-order valence-corrected chi connectivity index (χ3v) is 1.17. The van der Waals surface area contributed by atoms with Gasteiger partial charge < -0.3 is 16.3 Å². The second kappa shape index (κ2) is 5.72. The van der Waals surface area contributed by atoms with Crippen molar-refractivity contribution in [1.82, 2.24) is 0 Å². The van der Waals surface area contributed by atoms with Crippen LogP contribution in [0.2, 0.25) is 0 Å². The van der Waals surface area contributed by atoms with Crippen molar-refractivity contribution in [3.05, 3.63) is 0 Å². The van der Waals surface area contributed by atoms with Crippen LogP contribution in [-0.4, -0.2) is 18.9 Å². The van der Waals surface area contributed by atoms with Crippen LogP contribution in [0.25, 0.3) is 0 Å². The maximum absolute atomic E-state index is 9.94. The zero-order valence-corrected chi connectivity index (χ0v) is 5.55. The van der Waals surface area contributed by atoms with Crippen LogP contribution in [0.4, 0.5) is 0 Å². The summed E-state index contributed by atoms with van der Waals surface area (Å²) in [4.78, 5) is 9.94. The Morgan fingerprint density at radius 3 is 2.56 bits per heavy atom. The monoisotopic (exact) mass is 130 g/mol. The summed E-state index contributed by atoms with van der Waals surface area (Å²) in [6.07, 6.45) is 3.45. The Morgan fingerprint density at radius 1 is 1.44 bits per heavy atom. The molecular weight excluding hydrogens is 116 g/mol. The van der Waals surface area contributed by atoms with E-state index in [9.17, 15) is 4.79 Å². The Labute approximate surface area is 55.4 Å². The first-order valence-electron chi connectivity index (χ1n) is 3.22. The molecule has 0 aliphatic carbocycles. The number of aldehydes is 1. The van der Waals surface area contributed by atoms with E-state index in [1.54, 1.807) is 0 Å². The van der Waals surface area contributed by atoms with Gasteiger partial charge in [0.15, 0.2) is 0 Å². The lowest BCUT2D eigenvalue weighted by Crippen LogP contribution is -2.21. The molecule has 0 bridgehead atoms.